The normalized spacial score (nSPS) is 19.4. The molecule has 18 heavy (non-hydrogen) atoms. The van der Waals surface area contributed by atoms with E-state index in [1.165, 1.54) is 9.88 Å². The van der Waals surface area contributed by atoms with Crippen LogP contribution in [-0.2, 0) is 12.1 Å². The SMILES string of the molecule is Cc1nc(CN2CCN(C)CC2)sc1C(C)(C)N. The maximum atomic E-state index is 6.17. The third-order valence-electron chi connectivity index (χ3n) is 3.38. The first kappa shape index (κ1) is 13.9. The summed E-state index contributed by atoms with van der Waals surface area (Å²) in [5.41, 5.74) is 6.99. The van der Waals surface area contributed by atoms with Crippen molar-refractivity contribution in [2.75, 3.05) is 33.2 Å². The molecule has 102 valence electrons. The topological polar surface area (TPSA) is 45.4 Å². The molecule has 0 saturated carbocycles. The van der Waals surface area contributed by atoms with Gasteiger partial charge < -0.3 is 10.6 Å². The van der Waals surface area contributed by atoms with Gasteiger partial charge in [-0.2, -0.15) is 0 Å². The van der Waals surface area contributed by atoms with E-state index in [0.717, 1.165) is 38.4 Å². The lowest BCUT2D eigenvalue weighted by Gasteiger charge is -2.31. The fourth-order valence-electron chi connectivity index (χ4n) is 2.31. The van der Waals surface area contributed by atoms with Crippen molar-refractivity contribution in [3.63, 3.8) is 0 Å². The van der Waals surface area contributed by atoms with Gasteiger partial charge in [0.05, 0.1) is 12.2 Å². The van der Waals surface area contributed by atoms with Crippen LogP contribution in [0.2, 0.25) is 0 Å². The number of likely N-dealkylation sites (N-methyl/N-ethyl adjacent to an activating group) is 1. The Kier molecular flexibility index (Phi) is 4.06. The second-order valence-corrected chi connectivity index (χ2v) is 6.91. The van der Waals surface area contributed by atoms with E-state index in [1.807, 2.05) is 13.8 Å². The minimum absolute atomic E-state index is 0.276. The van der Waals surface area contributed by atoms with E-state index in [9.17, 15) is 0 Å². The van der Waals surface area contributed by atoms with Gasteiger partial charge in [0.2, 0.25) is 0 Å². The Labute approximate surface area is 114 Å². The van der Waals surface area contributed by atoms with E-state index in [1.54, 1.807) is 11.3 Å². The van der Waals surface area contributed by atoms with Gasteiger partial charge in [0.1, 0.15) is 5.01 Å². The lowest BCUT2D eigenvalue weighted by molar-refractivity contribution is 0.148. The van der Waals surface area contributed by atoms with Crippen LogP contribution in [-0.4, -0.2) is 48.0 Å². The van der Waals surface area contributed by atoms with Crippen molar-refractivity contribution in [2.24, 2.45) is 5.73 Å². The van der Waals surface area contributed by atoms with E-state index in [2.05, 4.69) is 28.8 Å². The van der Waals surface area contributed by atoms with Crippen LogP contribution in [0.1, 0.15) is 29.4 Å². The van der Waals surface area contributed by atoms with Crippen LogP contribution in [0, 0.1) is 6.92 Å². The number of piperazine rings is 1. The second kappa shape index (κ2) is 5.25. The zero-order valence-electron chi connectivity index (χ0n) is 11.9. The maximum absolute atomic E-state index is 6.17. The molecular weight excluding hydrogens is 244 g/mol. The van der Waals surface area contributed by atoms with E-state index in [4.69, 9.17) is 5.73 Å². The Morgan fingerprint density at radius 1 is 1.28 bits per heavy atom. The molecule has 0 radical (unpaired) electrons. The summed E-state index contributed by atoms with van der Waals surface area (Å²) in [7, 11) is 2.18. The summed E-state index contributed by atoms with van der Waals surface area (Å²) in [5.74, 6) is 0. The van der Waals surface area contributed by atoms with Crippen LogP contribution in [0.4, 0.5) is 0 Å². The van der Waals surface area contributed by atoms with Crippen LogP contribution < -0.4 is 5.73 Å². The van der Waals surface area contributed by atoms with Crippen molar-refractivity contribution >= 4 is 11.3 Å². The molecule has 1 aromatic rings. The van der Waals surface area contributed by atoms with Gasteiger partial charge in [0, 0.05) is 36.6 Å². The molecule has 0 aliphatic carbocycles. The predicted octanol–water partition coefficient (Wildman–Crippen LogP) is 1.39. The number of rotatable bonds is 3. The van der Waals surface area contributed by atoms with Crippen LogP contribution in [0.5, 0.6) is 0 Å². The van der Waals surface area contributed by atoms with Crippen molar-refractivity contribution in [3.8, 4) is 0 Å². The van der Waals surface area contributed by atoms with Crippen LogP contribution in [0.25, 0.3) is 0 Å². The fraction of sp³-hybridized carbons (Fsp3) is 0.769. The lowest BCUT2D eigenvalue weighted by Crippen LogP contribution is -2.43. The highest BCUT2D eigenvalue weighted by Crippen LogP contribution is 2.28. The van der Waals surface area contributed by atoms with E-state index < -0.39 is 0 Å². The summed E-state index contributed by atoms with van der Waals surface area (Å²) in [5, 5.41) is 1.20. The van der Waals surface area contributed by atoms with Crippen molar-refractivity contribution in [2.45, 2.75) is 32.9 Å². The van der Waals surface area contributed by atoms with Crippen LogP contribution in [0.3, 0.4) is 0 Å². The summed E-state index contributed by atoms with van der Waals surface area (Å²) in [6, 6.07) is 0. The molecule has 2 N–H and O–H groups in total. The molecule has 0 spiro atoms. The van der Waals surface area contributed by atoms with E-state index in [0.29, 0.717) is 0 Å². The Morgan fingerprint density at radius 2 is 1.89 bits per heavy atom. The zero-order valence-corrected chi connectivity index (χ0v) is 12.7. The van der Waals surface area contributed by atoms with Crippen molar-refractivity contribution < 1.29 is 0 Å². The van der Waals surface area contributed by atoms with Crippen molar-refractivity contribution in [1.82, 2.24) is 14.8 Å². The van der Waals surface area contributed by atoms with Gasteiger partial charge in [0.15, 0.2) is 0 Å². The van der Waals surface area contributed by atoms with Crippen molar-refractivity contribution in [3.05, 3.63) is 15.6 Å². The summed E-state index contributed by atoms with van der Waals surface area (Å²) in [6.07, 6.45) is 0. The Morgan fingerprint density at radius 3 is 2.39 bits per heavy atom. The van der Waals surface area contributed by atoms with E-state index in [-0.39, 0.29) is 5.54 Å². The monoisotopic (exact) mass is 268 g/mol. The molecule has 0 unspecified atom stereocenters. The molecule has 1 aromatic heterocycles. The molecule has 0 amide bonds. The van der Waals surface area contributed by atoms with E-state index >= 15 is 0 Å². The van der Waals surface area contributed by atoms with Gasteiger partial charge >= 0.3 is 0 Å². The predicted molar refractivity (Wildman–Crippen MR) is 76.8 cm³/mol. The molecule has 2 rings (SSSR count). The Bertz CT molecular complexity index is 400. The average molecular weight is 268 g/mol. The zero-order chi connectivity index (χ0) is 13.3. The summed E-state index contributed by atoms with van der Waals surface area (Å²) < 4.78 is 0. The number of aromatic nitrogens is 1. The second-order valence-electron chi connectivity index (χ2n) is 5.82. The highest BCUT2D eigenvalue weighted by Gasteiger charge is 2.22. The smallest absolute Gasteiger partial charge is 0.107 e. The summed E-state index contributed by atoms with van der Waals surface area (Å²) in [6.45, 7) is 11.7. The molecule has 1 fully saturated rings. The van der Waals surface area contributed by atoms with Crippen LogP contribution in [0.15, 0.2) is 0 Å². The van der Waals surface area contributed by atoms with Gasteiger partial charge in [-0.15, -0.1) is 11.3 Å². The number of nitrogens with two attached hydrogens (primary N) is 1. The number of hydrogen-bond acceptors (Lipinski definition) is 5. The molecule has 1 aliphatic rings. The molecule has 0 bridgehead atoms. The minimum Gasteiger partial charge on any atom is -0.321 e. The quantitative estimate of drug-likeness (QED) is 0.900. The van der Waals surface area contributed by atoms with Gasteiger partial charge in [-0.05, 0) is 27.8 Å². The molecule has 0 atom stereocenters. The first-order valence-corrected chi connectivity index (χ1v) is 7.34. The van der Waals surface area contributed by atoms with Gasteiger partial charge in [-0.1, -0.05) is 0 Å². The van der Waals surface area contributed by atoms with Crippen LogP contribution >= 0.6 is 11.3 Å². The Balaban J connectivity index is 2.02. The number of thiazole rings is 1. The first-order chi connectivity index (χ1) is 8.36. The minimum atomic E-state index is -0.276. The molecule has 1 aliphatic heterocycles. The average Bonchev–Trinajstić information content (AvgIpc) is 2.63. The Hall–Kier alpha value is -0.490. The molecular formula is C13H24N4S. The molecule has 2 heterocycles. The fourth-order valence-corrected chi connectivity index (χ4v) is 3.44. The standard InChI is InChI=1S/C13H24N4S/c1-10-12(13(2,3)14)18-11(15-10)9-17-7-5-16(4)6-8-17/h5-9,14H2,1-4H3. The molecule has 4 nitrogen and oxygen atoms in total. The van der Waals surface area contributed by atoms with Gasteiger partial charge in [0.25, 0.3) is 0 Å². The highest BCUT2D eigenvalue weighted by atomic mass is 32.1. The maximum Gasteiger partial charge on any atom is 0.107 e. The number of aryl methyl sites for hydroxylation is 1. The molecule has 0 aromatic carbocycles. The summed E-state index contributed by atoms with van der Waals surface area (Å²) >= 11 is 1.77. The van der Waals surface area contributed by atoms with Gasteiger partial charge in [-0.3, -0.25) is 4.90 Å². The molecule has 1 saturated heterocycles. The third-order valence-corrected chi connectivity index (χ3v) is 4.86. The molecule has 5 heteroatoms. The first-order valence-electron chi connectivity index (χ1n) is 6.53. The number of hydrogen-bond donors (Lipinski definition) is 1. The number of nitrogens with zero attached hydrogens (tertiary/aromatic N) is 3. The third kappa shape index (κ3) is 3.29. The van der Waals surface area contributed by atoms with Gasteiger partial charge in [-0.25, -0.2) is 4.98 Å². The lowest BCUT2D eigenvalue weighted by atomic mass is 10.0. The summed E-state index contributed by atoms with van der Waals surface area (Å²) in [4.78, 5) is 10.7. The highest BCUT2D eigenvalue weighted by molar-refractivity contribution is 7.11. The largest absolute Gasteiger partial charge is 0.321 e. The van der Waals surface area contributed by atoms with Crippen molar-refractivity contribution in [1.29, 1.82) is 0 Å².